The summed E-state index contributed by atoms with van der Waals surface area (Å²) in [5, 5.41) is 0. The van der Waals surface area contributed by atoms with Gasteiger partial charge in [0.25, 0.3) is 5.91 Å². The first-order chi connectivity index (χ1) is 15.5. The Balaban J connectivity index is 1.61. The number of furan rings is 1. The minimum atomic E-state index is -4.48. The number of amides is 1. The number of carbonyl (C=O) groups is 1. The molecule has 2 aromatic carbocycles. The molecule has 2 heterocycles. The second-order valence-electron chi connectivity index (χ2n) is 8.20. The lowest BCUT2D eigenvalue weighted by molar-refractivity contribution is -0.137. The van der Waals surface area contributed by atoms with Gasteiger partial charge in [-0.2, -0.15) is 13.2 Å². The summed E-state index contributed by atoms with van der Waals surface area (Å²) in [5.41, 5.74) is 0.883. The SMILES string of the molecule is Cc1ccc(C(=O)N(Cc2ccc(-c3cccc(C(F)(F)F)c3)o2)[C@H]2CCS(=O)(=O)C2)cc1. The second-order valence-corrected chi connectivity index (χ2v) is 10.4. The van der Waals surface area contributed by atoms with E-state index in [1.54, 1.807) is 36.4 Å². The van der Waals surface area contributed by atoms with Crippen molar-refractivity contribution in [1.82, 2.24) is 4.90 Å². The van der Waals surface area contributed by atoms with Gasteiger partial charge in [-0.1, -0.05) is 29.8 Å². The van der Waals surface area contributed by atoms with Crippen molar-refractivity contribution in [3.8, 4) is 11.3 Å². The van der Waals surface area contributed by atoms with Crippen molar-refractivity contribution in [3.63, 3.8) is 0 Å². The molecule has 1 atom stereocenters. The Bertz CT molecular complexity index is 1260. The van der Waals surface area contributed by atoms with Gasteiger partial charge < -0.3 is 9.32 Å². The molecule has 0 spiro atoms. The smallest absolute Gasteiger partial charge is 0.416 e. The molecule has 0 radical (unpaired) electrons. The zero-order valence-electron chi connectivity index (χ0n) is 17.8. The lowest BCUT2D eigenvalue weighted by atomic mass is 10.1. The maximum atomic E-state index is 13.3. The summed E-state index contributed by atoms with van der Waals surface area (Å²) in [6.45, 7) is 1.90. The van der Waals surface area contributed by atoms with Crippen LogP contribution < -0.4 is 0 Å². The number of benzene rings is 2. The fourth-order valence-corrected chi connectivity index (χ4v) is 5.62. The van der Waals surface area contributed by atoms with Gasteiger partial charge in [-0.3, -0.25) is 4.79 Å². The van der Waals surface area contributed by atoms with Crippen molar-refractivity contribution in [2.24, 2.45) is 0 Å². The van der Waals surface area contributed by atoms with E-state index in [0.29, 0.717) is 17.7 Å². The highest BCUT2D eigenvalue weighted by Crippen LogP contribution is 2.33. The average Bonchev–Trinajstić information content (AvgIpc) is 3.37. The summed E-state index contributed by atoms with van der Waals surface area (Å²) in [6, 6.07) is 14.4. The Morgan fingerprint density at radius 1 is 1.09 bits per heavy atom. The number of hydrogen-bond donors (Lipinski definition) is 0. The van der Waals surface area contributed by atoms with Crippen LogP contribution in [-0.4, -0.2) is 36.8 Å². The molecule has 0 bridgehead atoms. The number of aryl methyl sites for hydroxylation is 1. The van der Waals surface area contributed by atoms with Gasteiger partial charge in [-0.25, -0.2) is 8.42 Å². The standard InChI is InChI=1S/C24H22F3NO4S/c1-16-5-7-17(8-6-16)23(29)28(20-11-12-33(30,31)15-20)14-21-9-10-22(32-21)18-3-2-4-19(13-18)24(25,26)27/h2-10,13,20H,11-12,14-15H2,1H3/t20-/m0/s1. The maximum absolute atomic E-state index is 13.3. The lowest BCUT2D eigenvalue weighted by Crippen LogP contribution is -2.40. The molecule has 33 heavy (non-hydrogen) atoms. The van der Waals surface area contributed by atoms with E-state index >= 15 is 0 Å². The molecule has 1 saturated heterocycles. The fraction of sp³-hybridized carbons (Fsp3) is 0.292. The summed E-state index contributed by atoms with van der Waals surface area (Å²) < 4.78 is 69.0. The molecule has 0 aliphatic carbocycles. The molecule has 174 valence electrons. The van der Waals surface area contributed by atoms with E-state index in [4.69, 9.17) is 4.42 Å². The molecule has 9 heteroatoms. The zero-order chi connectivity index (χ0) is 23.8. The van der Waals surface area contributed by atoms with Gasteiger partial charge in [0.2, 0.25) is 0 Å². The molecule has 1 fully saturated rings. The van der Waals surface area contributed by atoms with E-state index in [9.17, 15) is 26.4 Å². The molecular weight excluding hydrogens is 455 g/mol. The number of alkyl halides is 3. The van der Waals surface area contributed by atoms with Gasteiger partial charge in [0, 0.05) is 17.2 Å². The summed E-state index contributed by atoms with van der Waals surface area (Å²) in [6.07, 6.45) is -4.15. The quantitative estimate of drug-likeness (QED) is 0.513. The Morgan fingerprint density at radius 3 is 2.45 bits per heavy atom. The van der Waals surface area contributed by atoms with Crippen LogP contribution in [0.5, 0.6) is 0 Å². The van der Waals surface area contributed by atoms with E-state index in [0.717, 1.165) is 17.7 Å². The Labute approximate surface area is 189 Å². The van der Waals surface area contributed by atoms with Crippen molar-refractivity contribution >= 4 is 15.7 Å². The highest BCUT2D eigenvalue weighted by molar-refractivity contribution is 7.91. The average molecular weight is 478 g/mol. The molecule has 3 aromatic rings. The fourth-order valence-electron chi connectivity index (χ4n) is 3.88. The van der Waals surface area contributed by atoms with E-state index < -0.39 is 27.6 Å². The van der Waals surface area contributed by atoms with E-state index in [2.05, 4.69) is 0 Å². The first-order valence-electron chi connectivity index (χ1n) is 10.4. The van der Waals surface area contributed by atoms with Gasteiger partial charge in [-0.05, 0) is 49.7 Å². The van der Waals surface area contributed by atoms with E-state index in [1.807, 2.05) is 6.92 Å². The van der Waals surface area contributed by atoms with Crippen molar-refractivity contribution in [2.75, 3.05) is 11.5 Å². The summed E-state index contributed by atoms with van der Waals surface area (Å²) in [5.74, 6) is 0.133. The highest BCUT2D eigenvalue weighted by Gasteiger charge is 2.35. The normalized spacial score (nSPS) is 17.8. The molecule has 0 saturated carbocycles. The predicted octanol–water partition coefficient (Wildman–Crippen LogP) is 5.10. The van der Waals surface area contributed by atoms with Crippen molar-refractivity contribution in [3.05, 3.63) is 83.1 Å². The molecular formula is C24H22F3NO4S. The van der Waals surface area contributed by atoms with E-state index in [-0.39, 0.29) is 35.3 Å². The topological polar surface area (TPSA) is 67.6 Å². The summed E-state index contributed by atoms with van der Waals surface area (Å²) in [7, 11) is -3.24. The van der Waals surface area contributed by atoms with Crippen molar-refractivity contribution in [1.29, 1.82) is 0 Å². The van der Waals surface area contributed by atoms with Crippen LogP contribution in [0.1, 0.15) is 33.7 Å². The lowest BCUT2D eigenvalue weighted by Gasteiger charge is -2.27. The molecule has 1 amide bonds. The second kappa shape index (κ2) is 8.70. The number of sulfone groups is 1. The van der Waals surface area contributed by atoms with Crippen LogP contribution in [0.4, 0.5) is 13.2 Å². The molecule has 1 aromatic heterocycles. The van der Waals surface area contributed by atoms with Crippen LogP contribution in [0.3, 0.4) is 0 Å². The molecule has 0 unspecified atom stereocenters. The maximum Gasteiger partial charge on any atom is 0.416 e. The summed E-state index contributed by atoms with van der Waals surface area (Å²) in [4.78, 5) is 14.7. The van der Waals surface area contributed by atoms with Crippen molar-refractivity contribution in [2.45, 2.75) is 32.1 Å². The molecule has 5 nitrogen and oxygen atoms in total. The third kappa shape index (κ3) is 5.30. The van der Waals surface area contributed by atoms with E-state index in [1.165, 1.54) is 17.0 Å². The number of nitrogens with zero attached hydrogens (tertiary/aromatic N) is 1. The zero-order valence-corrected chi connectivity index (χ0v) is 18.6. The van der Waals surface area contributed by atoms with Crippen LogP contribution in [0.2, 0.25) is 0 Å². The van der Waals surface area contributed by atoms with Gasteiger partial charge in [0.1, 0.15) is 11.5 Å². The first-order valence-corrected chi connectivity index (χ1v) is 12.2. The Hall–Kier alpha value is -3.07. The first kappa shape index (κ1) is 23.1. The number of halogens is 3. The van der Waals surface area contributed by atoms with Crippen LogP contribution in [0.15, 0.2) is 65.1 Å². The Morgan fingerprint density at radius 2 is 1.82 bits per heavy atom. The van der Waals surface area contributed by atoms with Gasteiger partial charge in [-0.15, -0.1) is 0 Å². The number of hydrogen-bond acceptors (Lipinski definition) is 4. The molecule has 1 aliphatic heterocycles. The van der Waals surface area contributed by atoms with Gasteiger partial charge in [0.05, 0.1) is 23.6 Å². The molecule has 4 rings (SSSR count). The highest BCUT2D eigenvalue weighted by atomic mass is 32.2. The van der Waals surface area contributed by atoms with Crippen LogP contribution in [-0.2, 0) is 22.6 Å². The minimum absolute atomic E-state index is 0.00296. The molecule has 0 N–H and O–H groups in total. The summed E-state index contributed by atoms with van der Waals surface area (Å²) >= 11 is 0. The molecule has 1 aliphatic rings. The van der Waals surface area contributed by atoms with Crippen LogP contribution in [0, 0.1) is 6.92 Å². The minimum Gasteiger partial charge on any atom is -0.459 e. The number of rotatable bonds is 5. The predicted molar refractivity (Wildman–Crippen MR) is 117 cm³/mol. The van der Waals surface area contributed by atoms with Gasteiger partial charge >= 0.3 is 6.18 Å². The number of carbonyl (C=O) groups excluding carboxylic acids is 1. The monoisotopic (exact) mass is 477 g/mol. The Kier molecular flexibility index (Phi) is 6.09. The van der Waals surface area contributed by atoms with Crippen LogP contribution in [0.25, 0.3) is 11.3 Å². The van der Waals surface area contributed by atoms with Crippen LogP contribution >= 0.6 is 0 Å². The third-order valence-electron chi connectivity index (χ3n) is 5.67. The van der Waals surface area contributed by atoms with Crippen molar-refractivity contribution < 1.29 is 30.8 Å². The van der Waals surface area contributed by atoms with Gasteiger partial charge in [0.15, 0.2) is 9.84 Å². The third-order valence-corrected chi connectivity index (χ3v) is 7.42. The largest absolute Gasteiger partial charge is 0.459 e.